The summed E-state index contributed by atoms with van der Waals surface area (Å²) < 4.78 is 22.4. The van der Waals surface area contributed by atoms with Gasteiger partial charge in [-0.25, -0.2) is 4.39 Å². The third-order valence-electron chi connectivity index (χ3n) is 5.27. The molecule has 0 unspecified atom stereocenters. The van der Waals surface area contributed by atoms with Crippen molar-refractivity contribution in [2.75, 3.05) is 0 Å². The second-order valence-corrected chi connectivity index (χ2v) is 6.74. The van der Waals surface area contributed by atoms with Gasteiger partial charge in [0.25, 0.3) is 0 Å². The van der Waals surface area contributed by atoms with E-state index in [2.05, 4.69) is 47.0 Å². The molecule has 0 aliphatic rings. The fraction of sp³-hybridized carbons (Fsp3) is 0. The van der Waals surface area contributed by atoms with E-state index in [-0.39, 0.29) is 5.82 Å². The predicted molar refractivity (Wildman–Crippen MR) is 108 cm³/mol. The summed E-state index contributed by atoms with van der Waals surface area (Å²) in [5, 5.41) is 4.12. The van der Waals surface area contributed by atoms with Gasteiger partial charge in [-0.05, 0) is 30.3 Å². The molecule has 6 aromatic rings. The Balaban J connectivity index is 1.87. The van der Waals surface area contributed by atoms with Gasteiger partial charge in [0, 0.05) is 16.2 Å². The fourth-order valence-electron chi connectivity index (χ4n) is 4.16. The Hall–Kier alpha value is -3.59. The molecule has 0 saturated carbocycles. The van der Waals surface area contributed by atoms with Crippen LogP contribution < -0.4 is 0 Å². The number of nitrogens with zero attached hydrogens (tertiary/aromatic N) is 1. The van der Waals surface area contributed by atoms with Crippen molar-refractivity contribution in [3.8, 4) is 5.69 Å². The molecule has 0 aliphatic heterocycles. The highest BCUT2D eigenvalue weighted by Crippen LogP contribution is 2.38. The molecular weight excluding hydrogens is 337 g/mol. The summed E-state index contributed by atoms with van der Waals surface area (Å²) >= 11 is 0. The highest BCUT2D eigenvalue weighted by molar-refractivity contribution is 6.14. The van der Waals surface area contributed by atoms with E-state index in [1.54, 1.807) is 6.07 Å². The van der Waals surface area contributed by atoms with Gasteiger partial charge in [-0.3, -0.25) is 0 Å². The first-order valence-corrected chi connectivity index (χ1v) is 8.91. The van der Waals surface area contributed by atoms with E-state index in [0.29, 0.717) is 11.2 Å². The van der Waals surface area contributed by atoms with Crippen LogP contribution in [0.15, 0.2) is 89.3 Å². The van der Waals surface area contributed by atoms with Crippen LogP contribution in [0.2, 0.25) is 0 Å². The fourth-order valence-corrected chi connectivity index (χ4v) is 4.16. The SMILES string of the molecule is Fc1cccc2c1oc1cccc(-n3c4ccccc4c4ccccc43)c12. The maximum atomic E-state index is 14.3. The molecule has 128 valence electrons. The van der Waals surface area contributed by atoms with Crippen molar-refractivity contribution >= 4 is 43.7 Å². The molecule has 0 amide bonds. The molecule has 0 radical (unpaired) electrons. The summed E-state index contributed by atoms with van der Waals surface area (Å²) in [7, 11) is 0. The Morgan fingerprint density at radius 3 is 2.00 bits per heavy atom. The zero-order valence-electron chi connectivity index (χ0n) is 14.3. The van der Waals surface area contributed by atoms with Crippen LogP contribution in [0.3, 0.4) is 0 Å². The van der Waals surface area contributed by atoms with E-state index in [9.17, 15) is 4.39 Å². The zero-order valence-corrected chi connectivity index (χ0v) is 14.3. The maximum Gasteiger partial charge on any atom is 0.171 e. The molecule has 0 bridgehead atoms. The average Bonchev–Trinajstić information content (AvgIpc) is 3.25. The third-order valence-corrected chi connectivity index (χ3v) is 5.27. The van der Waals surface area contributed by atoms with E-state index in [4.69, 9.17) is 4.42 Å². The first kappa shape index (κ1) is 14.6. The van der Waals surface area contributed by atoms with Gasteiger partial charge < -0.3 is 8.98 Å². The first-order valence-electron chi connectivity index (χ1n) is 8.91. The highest BCUT2D eigenvalue weighted by atomic mass is 19.1. The van der Waals surface area contributed by atoms with Gasteiger partial charge in [-0.2, -0.15) is 0 Å². The standard InChI is InChI=1S/C24H14FNO/c25-18-10-5-9-17-23-21(13-6-14-22(23)27-24(17)18)26-19-11-3-1-7-15(19)16-8-2-4-12-20(16)26/h1-14H. The number of aromatic nitrogens is 1. The van der Waals surface area contributed by atoms with Crippen LogP contribution in [0.5, 0.6) is 0 Å². The lowest BCUT2D eigenvalue weighted by Crippen LogP contribution is -1.94. The van der Waals surface area contributed by atoms with Gasteiger partial charge in [0.2, 0.25) is 0 Å². The van der Waals surface area contributed by atoms with Crippen molar-refractivity contribution < 1.29 is 8.81 Å². The van der Waals surface area contributed by atoms with E-state index in [1.165, 1.54) is 16.8 Å². The van der Waals surface area contributed by atoms with Crippen LogP contribution in [0, 0.1) is 5.82 Å². The van der Waals surface area contributed by atoms with Crippen molar-refractivity contribution in [2.45, 2.75) is 0 Å². The van der Waals surface area contributed by atoms with Crippen molar-refractivity contribution in [3.05, 3.63) is 90.7 Å². The van der Waals surface area contributed by atoms with E-state index in [0.717, 1.165) is 27.5 Å². The second-order valence-electron chi connectivity index (χ2n) is 6.74. The van der Waals surface area contributed by atoms with Crippen LogP contribution >= 0.6 is 0 Å². The predicted octanol–water partition coefficient (Wildman–Crippen LogP) is 6.82. The van der Waals surface area contributed by atoms with Crippen LogP contribution in [0.4, 0.5) is 4.39 Å². The van der Waals surface area contributed by atoms with Crippen molar-refractivity contribution in [1.29, 1.82) is 0 Å². The molecule has 2 aromatic heterocycles. The smallest absolute Gasteiger partial charge is 0.171 e. The molecule has 0 aliphatic carbocycles. The summed E-state index contributed by atoms with van der Waals surface area (Å²) in [5.74, 6) is -0.336. The summed E-state index contributed by atoms with van der Waals surface area (Å²) in [6.07, 6.45) is 0. The van der Waals surface area contributed by atoms with Gasteiger partial charge >= 0.3 is 0 Å². The number of benzene rings is 4. The monoisotopic (exact) mass is 351 g/mol. The molecular formula is C24H14FNO. The summed E-state index contributed by atoms with van der Waals surface area (Å²) in [4.78, 5) is 0. The quantitative estimate of drug-likeness (QED) is 0.318. The molecule has 0 fully saturated rings. The Kier molecular flexibility index (Phi) is 2.81. The number of hydrogen-bond acceptors (Lipinski definition) is 1. The number of rotatable bonds is 1. The minimum absolute atomic E-state index is 0.306. The molecule has 0 N–H and O–H groups in total. The topological polar surface area (TPSA) is 18.1 Å². The second kappa shape index (κ2) is 5.21. The first-order chi connectivity index (χ1) is 13.3. The Labute approximate surface area is 154 Å². The molecule has 3 heteroatoms. The molecule has 2 heterocycles. The number of hydrogen-bond donors (Lipinski definition) is 0. The lowest BCUT2D eigenvalue weighted by atomic mass is 10.1. The molecule has 0 spiro atoms. The van der Waals surface area contributed by atoms with Crippen molar-refractivity contribution in [2.24, 2.45) is 0 Å². The van der Waals surface area contributed by atoms with E-state index in [1.807, 2.05) is 30.3 Å². The number of fused-ring (bicyclic) bond motifs is 6. The molecule has 6 rings (SSSR count). The molecule has 2 nitrogen and oxygen atoms in total. The van der Waals surface area contributed by atoms with Gasteiger partial charge in [0.05, 0.1) is 22.1 Å². The van der Waals surface area contributed by atoms with Crippen molar-refractivity contribution in [3.63, 3.8) is 0 Å². The summed E-state index contributed by atoms with van der Waals surface area (Å²) in [5.41, 5.74) is 4.23. The molecule has 4 aromatic carbocycles. The Bertz CT molecular complexity index is 1440. The van der Waals surface area contributed by atoms with Crippen LogP contribution in [0.1, 0.15) is 0 Å². The summed E-state index contributed by atoms with van der Waals surface area (Å²) in [6, 6.07) is 27.7. The zero-order chi connectivity index (χ0) is 18.0. The highest BCUT2D eigenvalue weighted by Gasteiger charge is 2.18. The molecule has 27 heavy (non-hydrogen) atoms. The number of furan rings is 1. The lowest BCUT2D eigenvalue weighted by molar-refractivity contribution is 0.584. The summed E-state index contributed by atoms with van der Waals surface area (Å²) in [6.45, 7) is 0. The third kappa shape index (κ3) is 1.88. The van der Waals surface area contributed by atoms with Crippen LogP contribution in [0.25, 0.3) is 49.4 Å². The van der Waals surface area contributed by atoms with Crippen LogP contribution in [-0.4, -0.2) is 4.57 Å². The van der Waals surface area contributed by atoms with E-state index >= 15 is 0 Å². The van der Waals surface area contributed by atoms with Crippen molar-refractivity contribution in [1.82, 2.24) is 4.57 Å². The lowest BCUT2D eigenvalue weighted by Gasteiger charge is -2.09. The molecule has 0 atom stereocenters. The molecule has 0 saturated heterocycles. The number of halogens is 1. The van der Waals surface area contributed by atoms with Gasteiger partial charge in [-0.1, -0.05) is 54.6 Å². The minimum atomic E-state index is -0.336. The van der Waals surface area contributed by atoms with E-state index < -0.39 is 0 Å². The minimum Gasteiger partial charge on any atom is -0.453 e. The largest absolute Gasteiger partial charge is 0.453 e. The number of para-hydroxylation sites is 3. The van der Waals surface area contributed by atoms with Gasteiger partial charge in [0.1, 0.15) is 5.58 Å². The average molecular weight is 351 g/mol. The van der Waals surface area contributed by atoms with Crippen LogP contribution in [-0.2, 0) is 0 Å². The van der Waals surface area contributed by atoms with Gasteiger partial charge in [-0.15, -0.1) is 0 Å². The normalized spacial score (nSPS) is 11.9. The Morgan fingerprint density at radius 1 is 0.630 bits per heavy atom. The Morgan fingerprint density at radius 2 is 1.26 bits per heavy atom. The maximum absolute atomic E-state index is 14.3. The van der Waals surface area contributed by atoms with Gasteiger partial charge in [0.15, 0.2) is 11.4 Å².